The fourth-order valence-corrected chi connectivity index (χ4v) is 3.93. The van der Waals surface area contributed by atoms with Crippen molar-refractivity contribution in [3.63, 3.8) is 0 Å². The van der Waals surface area contributed by atoms with Crippen LogP contribution < -0.4 is 10.2 Å². The molecule has 2 fully saturated rings. The van der Waals surface area contributed by atoms with Crippen LogP contribution >= 0.6 is 11.8 Å². The molecule has 9 nitrogen and oxygen atoms in total. The highest BCUT2D eigenvalue weighted by atomic mass is 32.2. The van der Waals surface area contributed by atoms with Crippen LogP contribution in [0.25, 0.3) is 0 Å². The van der Waals surface area contributed by atoms with Crippen LogP contribution in [0.2, 0.25) is 0 Å². The minimum atomic E-state index is -0.191. The van der Waals surface area contributed by atoms with Gasteiger partial charge in [-0.25, -0.2) is 0 Å². The number of carbonyl (C=O) groups excluding carboxylic acids is 1. The van der Waals surface area contributed by atoms with Gasteiger partial charge in [-0.05, 0) is 32.1 Å². The third kappa shape index (κ3) is 4.26. The van der Waals surface area contributed by atoms with Crippen molar-refractivity contribution in [2.24, 2.45) is 0 Å². The molecule has 4 rings (SSSR count). The van der Waals surface area contributed by atoms with Gasteiger partial charge in [0.25, 0.3) is 0 Å². The van der Waals surface area contributed by atoms with Crippen LogP contribution in [0.4, 0.5) is 12.0 Å². The maximum Gasteiger partial charge on any atom is 0.322 e. The van der Waals surface area contributed by atoms with Crippen molar-refractivity contribution in [2.45, 2.75) is 63.1 Å². The zero-order valence-electron chi connectivity index (χ0n) is 15.7. The van der Waals surface area contributed by atoms with E-state index in [9.17, 15) is 4.79 Å². The van der Waals surface area contributed by atoms with Crippen LogP contribution in [-0.4, -0.2) is 49.7 Å². The molecule has 27 heavy (non-hydrogen) atoms. The Morgan fingerprint density at radius 3 is 2.63 bits per heavy atom. The van der Waals surface area contributed by atoms with Gasteiger partial charge in [-0.3, -0.25) is 14.7 Å². The second kappa shape index (κ2) is 7.87. The molecule has 3 heterocycles. The van der Waals surface area contributed by atoms with E-state index in [4.69, 9.17) is 4.42 Å². The number of amides is 1. The molecule has 0 unspecified atom stereocenters. The Kier molecular flexibility index (Phi) is 5.33. The average Bonchev–Trinajstić information content (AvgIpc) is 3.24. The fourth-order valence-electron chi connectivity index (χ4n) is 3.13. The summed E-state index contributed by atoms with van der Waals surface area (Å²) in [6, 6.07) is 0.606. The van der Waals surface area contributed by atoms with Crippen LogP contribution in [0.3, 0.4) is 0 Å². The summed E-state index contributed by atoms with van der Waals surface area (Å²) >= 11 is 1.40. The lowest BCUT2D eigenvalue weighted by molar-refractivity contribution is -0.113. The summed E-state index contributed by atoms with van der Waals surface area (Å²) in [6.45, 7) is 5.98. The first-order valence-corrected chi connectivity index (χ1v) is 10.6. The van der Waals surface area contributed by atoms with E-state index in [2.05, 4.69) is 35.2 Å². The number of thioether (sulfide) groups is 1. The number of nitrogens with one attached hydrogen (secondary N) is 1. The van der Waals surface area contributed by atoms with Crippen molar-refractivity contribution < 1.29 is 9.21 Å². The van der Waals surface area contributed by atoms with Gasteiger partial charge >= 0.3 is 6.01 Å². The molecule has 2 aromatic rings. The molecule has 0 bridgehead atoms. The fraction of sp³-hybridized carbons (Fsp3) is 0.706. The molecule has 1 saturated heterocycles. The topological polar surface area (TPSA) is 102 Å². The molecule has 0 atom stereocenters. The van der Waals surface area contributed by atoms with E-state index in [-0.39, 0.29) is 23.6 Å². The highest BCUT2D eigenvalue weighted by Crippen LogP contribution is 2.41. The van der Waals surface area contributed by atoms with E-state index in [1.807, 2.05) is 13.8 Å². The van der Waals surface area contributed by atoms with Crippen LogP contribution in [0, 0.1) is 0 Å². The third-order valence-electron chi connectivity index (χ3n) is 4.71. The number of anilines is 2. The molecular formula is C17H25N7O2S. The van der Waals surface area contributed by atoms with Gasteiger partial charge in [0.15, 0.2) is 5.16 Å². The SMILES string of the molecule is CC(C)c1nnc(NC(=O)CSc2nnc(N3CCCCC3)n2C2CC2)o1. The van der Waals surface area contributed by atoms with E-state index >= 15 is 0 Å². The van der Waals surface area contributed by atoms with E-state index in [1.54, 1.807) is 0 Å². The summed E-state index contributed by atoms with van der Waals surface area (Å²) in [6.07, 6.45) is 5.98. The molecule has 2 aliphatic rings. The van der Waals surface area contributed by atoms with Crippen molar-refractivity contribution in [1.29, 1.82) is 0 Å². The molecule has 10 heteroatoms. The molecule has 0 spiro atoms. The van der Waals surface area contributed by atoms with Gasteiger partial charge in [-0.2, -0.15) is 0 Å². The van der Waals surface area contributed by atoms with E-state index < -0.39 is 0 Å². The minimum absolute atomic E-state index is 0.128. The smallest absolute Gasteiger partial charge is 0.322 e. The quantitative estimate of drug-likeness (QED) is 0.719. The first kappa shape index (κ1) is 18.3. The number of carbonyl (C=O) groups is 1. The second-order valence-corrected chi connectivity index (χ2v) is 8.31. The van der Waals surface area contributed by atoms with Gasteiger partial charge in [0.2, 0.25) is 17.7 Å². The van der Waals surface area contributed by atoms with Crippen LogP contribution in [0.15, 0.2) is 9.57 Å². The molecule has 1 N–H and O–H groups in total. The Labute approximate surface area is 162 Å². The summed E-state index contributed by atoms with van der Waals surface area (Å²) in [5, 5.41) is 20.0. The van der Waals surface area contributed by atoms with Crippen molar-refractivity contribution in [1.82, 2.24) is 25.0 Å². The number of nitrogens with zero attached hydrogens (tertiary/aromatic N) is 6. The van der Waals surface area contributed by atoms with Crippen molar-refractivity contribution in [3.05, 3.63) is 5.89 Å². The number of hydrogen-bond donors (Lipinski definition) is 1. The zero-order chi connectivity index (χ0) is 18.8. The predicted octanol–water partition coefficient (Wildman–Crippen LogP) is 2.84. The van der Waals surface area contributed by atoms with Crippen LogP contribution in [0.1, 0.15) is 63.8 Å². The van der Waals surface area contributed by atoms with Crippen molar-refractivity contribution in [3.8, 4) is 0 Å². The average molecular weight is 392 g/mol. The van der Waals surface area contributed by atoms with E-state index in [0.29, 0.717) is 11.9 Å². The normalized spacial score (nSPS) is 17.5. The lowest BCUT2D eigenvalue weighted by Crippen LogP contribution is -2.32. The Hall–Kier alpha value is -2.10. The zero-order valence-corrected chi connectivity index (χ0v) is 16.5. The Morgan fingerprint density at radius 1 is 1.19 bits per heavy atom. The monoisotopic (exact) mass is 391 g/mol. The molecule has 2 aromatic heterocycles. The maximum atomic E-state index is 12.2. The molecule has 0 radical (unpaired) electrons. The summed E-state index contributed by atoms with van der Waals surface area (Å²) in [5.74, 6) is 1.63. The first-order valence-electron chi connectivity index (χ1n) is 9.57. The standard InChI is InChI=1S/C17H25N7O2S/c1-11(2)14-19-20-15(26-14)18-13(25)10-27-17-22-21-16(24(17)12-6-7-12)23-8-4-3-5-9-23/h11-12H,3-10H2,1-2H3,(H,18,20,25). The number of piperidine rings is 1. The third-order valence-corrected chi connectivity index (χ3v) is 5.65. The van der Waals surface area contributed by atoms with Gasteiger partial charge in [0.05, 0.1) is 5.75 Å². The van der Waals surface area contributed by atoms with Crippen LogP contribution in [-0.2, 0) is 4.79 Å². The van der Waals surface area contributed by atoms with Gasteiger partial charge in [0.1, 0.15) is 0 Å². The number of hydrogen-bond acceptors (Lipinski definition) is 8. The van der Waals surface area contributed by atoms with Gasteiger partial charge < -0.3 is 9.32 Å². The predicted molar refractivity (Wildman–Crippen MR) is 102 cm³/mol. The molecule has 0 aromatic carbocycles. The largest absolute Gasteiger partial charge is 0.408 e. The Morgan fingerprint density at radius 2 is 1.96 bits per heavy atom. The number of rotatable bonds is 7. The molecule has 1 aliphatic carbocycles. The summed E-state index contributed by atoms with van der Waals surface area (Å²) in [5.41, 5.74) is 0. The lowest BCUT2D eigenvalue weighted by atomic mass is 10.1. The first-order chi connectivity index (χ1) is 13.1. The Balaban J connectivity index is 1.38. The van der Waals surface area contributed by atoms with Crippen LogP contribution in [0.5, 0.6) is 0 Å². The molecule has 146 valence electrons. The van der Waals surface area contributed by atoms with Crippen molar-refractivity contribution >= 4 is 29.6 Å². The second-order valence-electron chi connectivity index (χ2n) is 7.37. The van der Waals surface area contributed by atoms with E-state index in [1.165, 1.54) is 31.0 Å². The lowest BCUT2D eigenvalue weighted by Gasteiger charge is -2.27. The summed E-state index contributed by atoms with van der Waals surface area (Å²) < 4.78 is 7.64. The van der Waals surface area contributed by atoms with Gasteiger partial charge in [-0.1, -0.05) is 30.7 Å². The maximum absolute atomic E-state index is 12.2. The number of aromatic nitrogens is 5. The van der Waals surface area contributed by atoms with Gasteiger partial charge in [-0.15, -0.1) is 15.3 Å². The van der Waals surface area contributed by atoms with Crippen molar-refractivity contribution in [2.75, 3.05) is 29.1 Å². The minimum Gasteiger partial charge on any atom is -0.408 e. The summed E-state index contributed by atoms with van der Waals surface area (Å²) in [4.78, 5) is 14.6. The van der Waals surface area contributed by atoms with Gasteiger partial charge in [0, 0.05) is 25.0 Å². The molecule has 1 amide bonds. The van der Waals surface area contributed by atoms with E-state index in [0.717, 1.165) is 37.0 Å². The summed E-state index contributed by atoms with van der Waals surface area (Å²) in [7, 11) is 0. The molecule has 1 aliphatic heterocycles. The molecular weight excluding hydrogens is 366 g/mol. The Bertz CT molecular complexity index is 793. The highest BCUT2D eigenvalue weighted by molar-refractivity contribution is 7.99. The molecule has 1 saturated carbocycles. The highest BCUT2D eigenvalue weighted by Gasteiger charge is 2.32.